The Morgan fingerprint density at radius 2 is 1.20 bits per heavy atom. The number of benzene rings is 2. The predicted molar refractivity (Wildman–Crippen MR) is 182 cm³/mol. The fourth-order valence-corrected chi connectivity index (χ4v) is 4.48. The maximum absolute atomic E-state index is 8.91. The molecule has 0 atom stereocenters. The lowest BCUT2D eigenvalue weighted by Crippen LogP contribution is -2.29. The molecule has 0 saturated carbocycles. The van der Waals surface area contributed by atoms with Crippen molar-refractivity contribution in [3.63, 3.8) is 0 Å². The Balaban J connectivity index is 0.000000166. The number of nitrogens with two attached hydrogens (primary N) is 2. The largest absolute Gasteiger partial charge is 0.497 e. The van der Waals surface area contributed by atoms with E-state index in [1.54, 1.807) is 38.0 Å². The first-order chi connectivity index (χ1) is 22.1. The molecular weight excluding hydrogens is 655 g/mol. The van der Waals surface area contributed by atoms with Crippen molar-refractivity contribution in [1.82, 2.24) is 29.9 Å². The van der Waals surface area contributed by atoms with E-state index in [9.17, 15) is 0 Å². The van der Waals surface area contributed by atoms with Crippen molar-refractivity contribution < 1.29 is 24.3 Å². The molecule has 0 fully saturated rings. The van der Waals surface area contributed by atoms with E-state index >= 15 is 0 Å². The molecular formula is C31H32BBrN8O5. The number of ether oxygens (including phenoxy) is 3. The predicted octanol–water partition coefficient (Wildman–Crippen LogP) is 3.60. The molecule has 236 valence electrons. The highest BCUT2D eigenvalue weighted by atomic mass is 79.9. The minimum Gasteiger partial charge on any atom is -0.497 e. The van der Waals surface area contributed by atoms with Crippen molar-refractivity contribution in [2.75, 3.05) is 32.8 Å². The van der Waals surface area contributed by atoms with Crippen LogP contribution >= 0.6 is 15.9 Å². The monoisotopic (exact) mass is 686 g/mol. The third-order valence-electron chi connectivity index (χ3n) is 6.49. The second kappa shape index (κ2) is 15.7. The highest BCUT2D eigenvalue weighted by molar-refractivity contribution is 9.10. The average Bonchev–Trinajstić information content (AvgIpc) is 3.08. The van der Waals surface area contributed by atoms with Crippen LogP contribution in [0.1, 0.15) is 12.5 Å². The minimum absolute atomic E-state index is 0.234. The highest BCUT2D eigenvalue weighted by Crippen LogP contribution is 2.27. The Hall–Kier alpha value is -5.12. The van der Waals surface area contributed by atoms with Gasteiger partial charge in [0.1, 0.15) is 17.2 Å². The van der Waals surface area contributed by atoms with Crippen molar-refractivity contribution >= 4 is 62.5 Å². The molecule has 0 radical (unpaired) electrons. The van der Waals surface area contributed by atoms with Gasteiger partial charge in [0.15, 0.2) is 11.3 Å². The van der Waals surface area contributed by atoms with Gasteiger partial charge in [-0.3, -0.25) is 0 Å². The first-order valence-corrected chi connectivity index (χ1v) is 14.6. The number of rotatable bonds is 6. The molecule has 0 unspecified atom stereocenters. The van der Waals surface area contributed by atoms with E-state index in [4.69, 9.17) is 35.7 Å². The van der Waals surface area contributed by atoms with Gasteiger partial charge < -0.3 is 35.7 Å². The van der Waals surface area contributed by atoms with Gasteiger partial charge in [-0.15, -0.1) is 0 Å². The first-order valence-electron chi connectivity index (χ1n) is 13.8. The van der Waals surface area contributed by atoms with Crippen LogP contribution in [0, 0.1) is 0 Å². The zero-order valence-corrected chi connectivity index (χ0v) is 27.1. The van der Waals surface area contributed by atoms with Gasteiger partial charge in [-0.05, 0) is 75.3 Å². The first kappa shape index (κ1) is 33.8. The maximum Gasteiger partial charge on any atom is 0.488 e. The number of hydrogen-bond acceptors (Lipinski definition) is 13. The number of anilines is 2. The van der Waals surface area contributed by atoms with Crippen molar-refractivity contribution in [3.05, 3.63) is 83.4 Å². The van der Waals surface area contributed by atoms with Gasteiger partial charge >= 0.3 is 7.12 Å². The molecule has 0 aliphatic rings. The van der Waals surface area contributed by atoms with E-state index in [0.29, 0.717) is 28.3 Å². The summed E-state index contributed by atoms with van der Waals surface area (Å²) >= 11 is 3.30. The number of pyridine rings is 2. The van der Waals surface area contributed by atoms with Gasteiger partial charge in [-0.1, -0.05) is 13.0 Å². The number of fused-ring (bicyclic) bond motifs is 2. The van der Waals surface area contributed by atoms with E-state index in [-0.39, 0.29) is 11.9 Å². The standard InChI is InChI=1S/C16H16N4O.C8H11BO4.C7H5BrN4/c1-3-10-4-11(7-14(5-10)21-2)12-6-13-9-19-16(17)20-15(13)18-8-12;1-12-7-3-6(9(10)11)4-8(5-7)13-2;8-5-1-4-2-11-7(9)12-6(4)10-3-5/h4-9H,3H2,1-2H3,(H2,17,18,19,20);3-5,10-11H,1-2H3;1-3H,(H2,9,10,11,12). The summed E-state index contributed by atoms with van der Waals surface area (Å²) in [5.74, 6) is 2.39. The van der Waals surface area contributed by atoms with Crippen molar-refractivity contribution in [3.8, 4) is 28.4 Å². The summed E-state index contributed by atoms with van der Waals surface area (Å²) in [6, 6.07) is 14.8. The number of methoxy groups -OCH3 is 3. The Kier molecular flexibility index (Phi) is 11.6. The van der Waals surface area contributed by atoms with Gasteiger partial charge in [-0.25, -0.2) is 19.9 Å². The SMILES string of the molecule is CCc1cc(OC)cc(-c2cnc3nc(N)ncc3c2)c1.COc1cc(OC)cc(B(O)O)c1.Nc1ncc2cc(Br)cnc2n1. The molecule has 6 aromatic rings. The summed E-state index contributed by atoms with van der Waals surface area (Å²) in [6.07, 6.45) is 7.76. The van der Waals surface area contributed by atoms with Crippen LogP contribution in [0.25, 0.3) is 33.2 Å². The molecule has 46 heavy (non-hydrogen) atoms. The lowest BCUT2D eigenvalue weighted by molar-refractivity contribution is 0.392. The Labute approximate surface area is 273 Å². The molecule has 6 rings (SSSR count). The average molecular weight is 687 g/mol. The fourth-order valence-electron chi connectivity index (χ4n) is 4.13. The van der Waals surface area contributed by atoms with Gasteiger partial charge in [0.05, 0.1) is 21.3 Å². The number of hydrogen-bond donors (Lipinski definition) is 4. The lowest BCUT2D eigenvalue weighted by atomic mass is 9.80. The highest BCUT2D eigenvalue weighted by Gasteiger charge is 2.13. The Morgan fingerprint density at radius 3 is 1.74 bits per heavy atom. The third-order valence-corrected chi connectivity index (χ3v) is 6.92. The topological polar surface area (TPSA) is 198 Å². The van der Waals surface area contributed by atoms with Crippen LogP contribution in [0.2, 0.25) is 0 Å². The summed E-state index contributed by atoms with van der Waals surface area (Å²) in [5, 5.41) is 19.6. The van der Waals surface area contributed by atoms with Crippen LogP contribution in [-0.2, 0) is 6.42 Å². The molecule has 13 nitrogen and oxygen atoms in total. The molecule has 0 spiro atoms. The second-order valence-corrected chi connectivity index (χ2v) is 10.5. The summed E-state index contributed by atoms with van der Waals surface area (Å²) in [4.78, 5) is 24.3. The lowest BCUT2D eigenvalue weighted by Gasteiger charge is -2.08. The van der Waals surface area contributed by atoms with Gasteiger partial charge in [0, 0.05) is 51.7 Å². The zero-order valence-electron chi connectivity index (χ0n) is 25.5. The summed E-state index contributed by atoms with van der Waals surface area (Å²) in [5.41, 5.74) is 15.8. The van der Waals surface area contributed by atoms with E-state index < -0.39 is 7.12 Å². The quantitative estimate of drug-likeness (QED) is 0.186. The summed E-state index contributed by atoms with van der Waals surface area (Å²) < 4.78 is 16.2. The van der Waals surface area contributed by atoms with Crippen molar-refractivity contribution in [1.29, 1.82) is 0 Å². The normalized spacial score (nSPS) is 10.3. The second-order valence-electron chi connectivity index (χ2n) is 9.60. The molecule has 0 bridgehead atoms. The molecule has 0 aliphatic heterocycles. The van der Waals surface area contributed by atoms with Crippen molar-refractivity contribution in [2.45, 2.75) is 13.3 Å². The molecule has 4 aromatic heterocycles. The van der Waals surface area contributed by atoms with E-state index in [2.05, 4.69) is 58.8 Å². The van der Waals surface area contributed by atoms with E-state index in [1.807, 2.05) is 24.3 Å². The third kappa shape index (κ3) is 8.97. The van der Waals surface area contributed by atoms with Gasteiger partial charge in [0.25, 0.3) is 0 Å². The maximum atomic E-state index is 8.91. The fraction of sp³-hybridized carbons (Fsp3) is 0.161. The van der Waals surface area contributed by atoms with Crippen LogP contribution in [0.4, 0.5) is 11.9 Å². The molecule has 15 heteroatoms. The molecule has 2 aromatic carbocycles. The van der Waals surface area contributed by atoms with Gasteiger partial charge in [-0.2, -0.15) is 9.97 Å². The van der Waals surface area contributed by atoms with Crippen LogP contribution in [0.5, 0.6) is 17.2 Å². The van der Waals surface area contributed by atoms with Crippen LogP contribution in [-0.4, -0.2) is 68.4 Å². The van der Waals surface area contributed by atoms with Crippen molar-refractivity contribution in [2.24, 2.45) is 0 Å². The molecule has 0 saturated heterocycles. The van der Waals surface area contributed by atoms with E-state index in [1.165, 1.54) is 31.9 Å². The smallest absolute Gasteiger partial charge is 0.488 e. The number of aromatic nitrogens is 6. The molecule has 6 N–H and O–H groups in total. The Bertz CT molecular complexity index is 1860. The molecule has 4 heterocycles. The number of nitrogens with zero attached hydrogens (tertiary/aromatic N) is 6. The van der Waals surface area contributed by atoms with Crippen LogP contribution < -0.4 is 31.1 Å². The number of aryl methyl sites for hydroxylation is 1. The Morgan fingerprint density at radius 1 is 0.652 bits per heavy atom. The summed E-state index contributed by atoms with van der Waals surface area (Å²) in [7, 11) is 3.17. The van der Waals surface area contributed by atoms with E-state index in [0.717, 1.165) is 38.5 Å². The zero-order chi connectivity index (χ0) is 33.2. The minimum atomic E-state index is -1.51. The molecule has 0 amide bonds. The number of halogens is 1. The summed E-state index contributed by atoms with van der Waals surface area (Å²) in [6.45, 7) is 2.12. The number of nitrogen functional groups attached to an aromatic ring is 2. The van der Waals surface area contributed by atoms with Crippen LogP contribution in [0.3, 0.4) is 0 Å². The van der Waals surface area contributed by atoms with Crippen LogP contribution in [0.15, 0.2) is 77.8 Å². The molecule has 0 aliphatic carbocycles. The van der Waals surface area contributed by atoms with Gasteiger partial charge in [0.2, 0.25) is 11.9 Å².